The van der Waals surface area contributed by atoms with Gasteiger partial charge in [0.15, 0.2) is 0 Å². The summed E-state index contributed by atoms with van der Waals surface area (Å²) < 4.78 is 16.2. The Kier molecular flexibility index (Phi) is 3.04. The van der Waals surface area contributed by atoms with Crippen molar-refractivity contribution in [2.45, 2.75) is 37.4 Å². The summed E-state index contributed by atoms with van der Waals surface area (Å²) in [4.78, 5) is 0. The van der Waals surface area contributed by atoms with Crippen molar-refractivity contribution in [3.05, 3.63) is 11.8 Å². The Morgan fingerprint density at radius 3 is 2.69 bits per heavy atom. The predicted octanol–water partition coefficient (Wildman–Crippen LogP) is 1.98. The summed E-state index contributed by atoms with van der Waals surface area (Å²) in [5.74, 6) is 0.850. The average molecular weight is 200 g/mol. The molecule has 13 heavy (non-hydrogen) atoms. The third kappa shape index (κ3) is 2.83. The zero-order valence-corrected chi connectivity index (χ0v) is 8.65. The van der Waals surface area contributed by atoms with Gasteiger partial charge in [-0.1, -0.05) is 6.42 Å². The van der Waals surface area contributed by atoms with Crippen molar-refractivity contribution in [2.75, 3.05) is 12.4 Å². The minimum atomic E-state index is -0.560. The van der Waals surface area contributed by atoms with Gasteiger partial charge in [0, 0.05) is 16.6 Å². The minimum Gasteiger partial charge on any atom is -0.500 e. The van der Waals surface area contributed by atoms with Crippen molar-refractivity contribution in [1.29, 1.82) is 0 Å². The molecule has 1 heterocycles. The van der Waals surface area contributed by atoms with Gasteiger partial charge in [0.1, 0.15) is 6.61 Å². The van der Waals surface area contributed by atoms with Crippen molar-refractivity contribution < 1.29 is 8.95 Å². The monoisotopic (exact) mass is 200 g/mol. The van der Waals surface area contributed by atoms with Crippen LogP contribution in [-0.4, -0.2) is 21.8 Å². The van der Waals surface area contributed by atoms with E-state index in [2.05, 4.69) is 0 Å². The molecule has 1 aliphatic heterocycles. The van der Waals surface area contributed by atoms with E-state index in [4.69, 9.17) is 4.74 Å². The first-order chi connectivity index (χ1) is 6.36. The molecular weight excluding hydrogens is 184 g/mol. The van der Waals surface area contributed by atoms with E-state index in [9.17, 15) is 4.21 Å². The van der Waals surface area contributed by atoms with Gasteiger partial charge in [0.25, 0.3) is 0 Å². The van der Waals surface area contributed by atoms with Gasteiger partial charge in [-0.2, -0.15) is 0 Å². The second-order valence-corrected chi connectivity index (χ2v) is 5.60. The molecule has 1 saturated carbocycles. The second kappa shape index (κ2) is 4.27. The zero-order valence-electron chi connectivity index (χ0n) is 7.83. The van der Waals surface area contributed by atoms with E-state index >= 15 is 0 Å². The van der Waals surface area contributed by atoms with E-state index in [1.165, 1.54) is 37.7 Å². The zero-order chi connectivity index (χ0) is 9.10. The fourth-order valence-corrected chi connectivity index (χ4v) is 2.45. The van der Waals surface area contributed by atoms with Gasteiger partial charge in [-0.25, -0.2) is 0 Å². The Hall–Kier alpha value is -0.310. The maximum absolute atomic E-state index is 10.8. The summed E-state index contributed by atoms with van der Waals surface area (Å²) in [6.07, 6.45) is 8.30. The van der Waals surface area contributed by atoms with E-state index in [-0.39, 0.29) is 0 Å². The fraction of sp³-hybridized carbons (Fsp3) is 0.800. The molecule has 1 saturated heterocycles. The Labute approximate surface area is 81.8 Å². The van der Waals surface area contributed by atoms with Crippen molar-refractivity contribution in [2.24, 2.45) is 0 Å². The van der Waals surface area contributed by atoms with Crippen LogP contribution in [0.1, 0.15) is 32.1 Å². The van der Waals surface area contributed by atoms with Gasteiger partial charge in [-0.15, -0.1) is 0 Å². The summed E-state index contributed by atoms with van der Waals surface area (Å²) in [7, 11) is -0.560. The van der Waals surface area contributed by atoms with Gasteiger partial charge in [0.05, 0.1) is 11.5 Å². The molecular formula is C10H16O2S. The summed E-state index contributed by atoms with van der Waals surface area (Å²) in [5, 5.41) is 0.334. The van der Waals surface area contributed by atoms with Crippen LogP contribution in [0.25, 0.3) is 0 Å². The highest BCUT2D eigenvalue weighted by molar-refractivity contribution is 7.93. The highest BCUT2D eigenvalue weighted by Gasteiger charge is 2.33. The fourth-order valence-electron chi connectivity index (χ4n) is 1.66. The Morgan fingerprint density at radius 2 is 2.08 bits per heavy atom. The molecule has 0 N–H and O–H groups in total. The molecule has 0 aromatic rings. The summed E-state index contributed by atoms with van der Waals surface area (Å²) >= 11 is 0. The molecule has 0 aromatic carbocycles. The lowest BCUT2D eigenvalue weighted by Gasteiger charge is -2.12. The van der Waals surface area contributed by atoms with Crippen LogP contribution in [-0.2, 0) is 15.5 Å². The Bertz CT molecular complexity index is 227. The third-order valence-electron chi connectivity index (χ3n) is 2.63. The third-order valence-corrected chi connectivity index (χ3v) is 3.98. The summed E-state index contributed by atoms with van der Waals surface area (Å²) in [6, 6.07) is 0. The molecule has 2 nitrogen and oxygen atoms in total. The Morgan fingerprint density at radius 1 is 1.38 bits per heavy atom. The lowest BCUT2D eigenvalue weighted by molar-refractivity contribution is 0.253. The SMILES string of the molecule is O=S1CC1COC=C1CCCCC1. The quantitative estimate of drug-likeness (QED) is 0.514. The molecule has 0 aromatic heterocycles. The first-order valence-electron chi connectivity index (χ1n) is 5.03. The lowest BCUT2D eigenvalue weighted by atomic mass is 9.96. The van der Waals surface area contributed by atoms with E-state index in [1.54, 1.807) is 0 Å². The number of rotatable bonds is 3. The van der Waals surface area contributed by atoms with E-state index in [1.807, 2.05) is 6.26 Å². The molecule has 0 bridgehead atoms. The van der Waals surface area contributed by atoms with Crippen LogP contribution in [0.4, 0.5) is 0 Å². The van der Waals surface area contributed by atoms with Crippen molar-refractivity contribution >= 4 is 10.8 Å². The largest absolute Gasteiger partial charge is 0.500 e. The van der Waals surface area contributed by atoms with Crippen LogP contribution in [0.2, 0.25) is 0 Å². The normalized spacial score (nSPS) is 32.8. The van der Waals surface area contributed by atoms with Crippen molar-refractivity contribution in [1.82, 2.24) is 0 Å². The first-order valence-corrected chi connectivity index (χ1v) is 6.41. The van der Waals surface area contributed by atoms with Crippen molar-refractivity contribution in [3.63, 3.8) is 0 Å². The summed E-state index contributed by atoms with van der Waals surface area (Å²) in [5.41, 5.74) is 1.44. The topological polar surface area (TPSA) is 26.3 Å². The second-order valence-electron chi connectivity index (χ2n) is 3.84. The Balaban J connectivity index is 1.67. The minimum absolute atomic E-state index is 0.334. The van der Waals surface area contributed by atoms with E-state index in [0.717, 1.165) is 5.75 Å². The highest BCUT2D eigenvalue weighted by Crippen LogP contribution is 2.23. The van der Waals surface area contributed by atoms with Gasteiger partial charge >= 0.3 is 0 Å². The van der Waals surface area contributed by atoms with Crippen LogP contribution >= 0.6 is 0 Å². The number of allylic oxidation sites excluding steroid dienone is 1. The van der Waals surface area contributed by atoms with E-state index in [0.29, 0.717) is 11.9 Å². The van der Waals surface area contributed by atoms with E-state index < -0.39 is 10.8 Å². The van der Waals surface area contributed by atoms with Gasteiger partial charge in [-0.3, -0.25) is 4.21 Å². The van der Waals surface area contributed by atoms with Crippen LogP contribution in [0, 0.1) is 0 Å². The maximum Gasteiger partial charge on any atom is 0.103 e. The van der Waals surface area contributed by atoms with Crippen LogP contribution in [0.5, 0.6) is 0 Å². The van der Waals surface area contributed by atoms with Gasteiger partial charge < -0.3 is 4.74 Å². The molecule has 0 amide bonds. The molecule has 3 heteroatoms. The summed E-state index contributed by atoms with van der Waals surface area (Å²) in [6.45, 7) is 0.663. The molecule has 74 valence electrons. The predicted molar refractivity (Wildman–Crippen MR) is 53.9 cm³/mol. The average Bonchev–Trinajstić information content (AvgIpc) is 2.84. The number of hydrogen-bond acceptors (Lipinski definition) is 2. The molecule has 0 spiro atoms. The first kappa shape index (κ1) is 9.25. The van der Waals surface area contributed by atoms with Crippen LogP contribution in [0.3, 0.4) is 0 Å². The molecule has 2 rings (SSSR count). The molecule has 1 aliphatic carbocycles. The molecule has 2 fully saturated rings. The molecule has 2 atom stereocenters. The van der Waals surface area contributed by atoms with Crippen LogP contribution in [0.15, 0.2) is 11.8 Å². The maximum atomic E-state index is 10.8. The highest BCUT2D eigenvalue weighted by atomic mass is 32.2. The standard InChI is InChI=1S/C10H16O2S/c11-13-8-10(13)7-12-6-9-4-2-1-3-5-9/h6,10H,1-5,7-8H2. The van der Waals surface area contributed by atoms with Crippen molar-refractivity contribution in [3.8, 4) is 0 Å². The lowest BCUT2D eigenvalue weighted by Crippen LogP contribution is -1.99. The molecule has 2 unspecified atom stereocenters. The van der Waals surface area contributed by atoms with Gasteiger partial charge in [0.2, 0.25) is 0 Å². The molecule has 0 radical (unpaired) electrons. The number of hydrogen-bond donors (Lipinski definition) is 0. The van der Waals surface area contributed by atoms with Gasteiger partial charge in [-0.05, 0) is 31.3 Å². The van der Waals surface area contributed by atoms with Crippen LogP contribution < -0.4 is 0 Å². The number of ether oxygens (including phenoxy) is 1. The molecule has 2 aliphatic rings. The smallest absolute Gasteiger partial charge is 0.103 e.